The number of quaternary nitrogens is 2. The second kappa shape index (κ2) is 16.3. The molecule has 2 bridgehead atoms. The van der Waals surface area contributed by atoms with E-state index in [9.17, 15) is 0 Å². The summed E-state index contributed by atoms with van der Waals surface area (Å²) in [4.78, 5) is 4.74. The number of ether oxygens (including phenoxy) is 1. The molecule has 0 saturated carbocycles. The van der Waals surface area contributed by atoms with Crippen LogP contribution >= 0.6 is 0 Å². The third-order valence-electron chi connectivity index (χ3n) is 13.7. The smallest absolute Gasteiger partial charge is 0.187 e. The summed E-state index contributed by atoms with van der Waals surface area (Å²) in [6, 6.07) is 46.4. The Morgan fingerprint density at radius 2 is 1.34 bits per heavy atom. The normalized spacial score (nSPS) is 19.6. The van der Waals surface area contributed by atoms with Gasteiger partial charge in [0.25, 0.3) is 0 Å². The predicted octanol–water partition coefficient (Wildman–Crippen LogP) is 16.5. The van der Waals surface area contributed by atoms with Crippen LogP contribution in [0.25, 0.3) is 49.9 Å². The predicted molar refractivity (Wildman–Crippen MR) is 279 cm³/mol. The molecule has 0 aliphatic carbocycles. The topological polar surface area (TPSA) is 27.1 Å². The largest absolute Gasteiger partial charge is 0.509 e. The van der Waals surface area contributed by atoms with Gasteiger partial charge in [-0.1, -0.05) is 159 Å². The molecule has 5 nitrogen and oxygen atoms in total. The first-order valence-corrected chi connectivity index (χ1v) is 23.0. The first kappa shape index (κ1) is 36.9. The van der Waals surface area contributed by atoms with Crippen LogP contribution in [0.5, 0.6) is 11.5 Å². The second-order valence-corrected chi connectivity index (χ2v) is 21.3. The molecule has 0 N–H and O–H groups in total. The van der Waals surface area contributed by atoms with E-state index in [0.29, 0.717) is 32.7 Å². The Morgan fingerprint density at radius 1 is 0.647 bits per heavy atom. The molecule has 0 amide bonds. The molecule has 7 aromatic carbocycles. The Labute approximate surface area is 428 Å². The standard InChI is InChI=1S/C62H59N4O.Pt/c1-41-31-58(63-38-54(41)42-19-12-11-13-20-42)64-55-27-15-14-25-52(55)53-30-29-50(37-56(53)64)67-49-24-17-23-47(36-49)65-39-66(40-65,48-34-45(61(5,6)7)33-46(35-48)62(8,9)10)59-51(26-18-28-57(59)65)43-21-16-22-44(32-43)60(2,3)4;/h11-35,38-39H,40H2,1-10H3;/q-1;/t65-,66+;/m1./s1/i1D3,11D,12D,13D,19D,20D;. The Kier molecular flexibility index (Phi) is 8.82. The molecule has 6 heteroatoms. The molecule has 0 radical (unpaired) electrons. The summed E-state index contributed by atoms with van der Waals surface area (Å²) in [6.45, 7) is 20.9. The molecule has 0 unspecified atom stereocenters. The number of nitrogens with zero attached hydrogens (tertiary/aromatic N) is 4. The number of pyridine rings is 1. The van der Waals surface area contributed by atoms with E-state index in [4.69, 9.17) is 20.7 Å². The molecule has 3 aliphatic heterocycles. The molecule has 344 valence electrons. The van der Waals surface area contributed by atoms with Crippen LogP contribution in [-0.4, -0.2) is 16.2 Å². The summed E-state index contributed by atoms with van der Waals surface area (Å²) in [5.41, 5.74) is 11.4. The molecule has 2 atom stereocenters. The van der Waals surface area contributed by atoms with Crippen molar-refractivity contribution in [2.45, 2.75) is 85.4 Å². The molecule has 12 rings (SSSR count). The zero-order chi connectivity index (χ0) is 53.5. The average molecular weight is 1080 g/mol. The average Bonchev–Trinajstić information content (AvgIpc) is 4.11. The van der Waals surface area contributed by atoms with Gasteiger partial charge in [0.2, 0.25) is 0 Å². The van der Waals surface area contributed by atoms with E-state index >= 15 is 0 Å². The monoisotopic (exact) mass is 1080 g/mol. The summed E-state index contributed by atoms with van der Waals surface area (Å²) < 4.78 is 77.4. The van der Waals surface area contributed by atoms with Crippen LogP contribution in [0.2, 0.25) is 0 Å². The van der Waals surface area contributed by atoms with Gasteiger partial charge in [-0.05, 0) is 80.1 Å². The van der Waals surface area contributed by atoms with Crippen LogP contribution < -0.4 is 13.7 Å². The van der Waals surface area contributed by atoms with Gasteiger partial charge < -0.3 is 13.8 Å². The number of para-hydroxylation sites is 2. The maximum absolute atomic E-state index is 8.65. The van der Waals surface area contributed by atoms with E-state index < -0.39 is 37.1 Å². The first-order valence-electron chi connectivity index (χ1n) is 27.0. The molecule has 3 aliphatic rings. The number of aromatic nitrogens is 2. The van der Waals surface area contributed by atoms with Crippen molar-refractivity contribution in [1.29, 1.82) is 0 Å². The van der Waals surface area contributed by atoms with Crippen molar-refractivity contribution in [3.63, 3.8) is 0 Å². The minimum atomic E-state index is -2.74. The van der Waals surface area contributed by atoms with Crippen LogP contribution in [0.15, 0.2) is 158 Å². The van der Waals surface area contributed by atoms with E-state index in [1.54, 1.807) is 0 Å². The molecule has 68 heavy (non-hydrogen) atoms. The SMILES string of the molecule is [2H]c1c([2H])c([2H])c(-c2cnc(-n3c4[c-]c(Oc5[c-]c([N@@+]67[CH-][N@@+](c8cc(C(C)(C)C)cc(C(C)(C)C)c8)(C6)c6c(-c8cccc(C(C)(C)C)c8)cccc67)ccc5)ccc4c4ccccc43)cc2C([2H])([2H])[2H])c([2H])c1[2H].[Pt]. The summed E-state index contributed by atoms with van der Waals surface area (Å²) in [5.74, 6) is 1.15. The van der Waals surface area contributed by atoms with Gasteiger partial charge in [0, 0.05) is 83.4 Å². The van der Waals surface area contributed by atoms with Crippen LogP contribution in [-0.2, 0) is 37.3 Å². The fraction of sp³-hybridized carbons (Fsp3) is 0.226. The third kappa shape index (κ3) is 7.46. The van der Waals surface area contributed by atoms with Gasteiger partial charge in [0.15, 0.2) is 18.0 Å². The molecule has 2 aromatic heterocycles. The molecule has 1 fully saturated rings. The van der Waals surface area contributed by atoms with Gasteiger partial charge in [-0.3, -0.25) is 4.48 Å². The second-order valence-electron chi connectivity index (χ2n) is 21.3. The van der Waals surface area contributed by atoms with Crippen molar-refractivity contribution < 1.29 is 36.8 Å². The Balaban J connectivity index is 0.00000657. The van der Waals surface area contributed by atoms with Gasteiger partial charge >= 0.3 is 0 Å². The van der Waals surface area contributed by atoms with Crippen LogP contribution in [0, 0.1) is 25.7 Å². The van der Waals surface area contributed by atoms with Crippen molar-refractivity contribution in [3.05, 3.63) is 199 Å². The minimum absolute atomic E-state index is 0. The molecule has 0 spiro atoms. The summed E-state index contributed by atoms with van der Waals surface area (Å²) >= 11 is 0. The molecule has 9 aromatic rings. The van der Waals surface area contributed by atoms with Gasteiger partial charge in [-0.25, -0.2) is 4.98 Å². The number of hydrogen-bond acceptors (Lipinski definition) is 2. The van der Waals surface area contributed by atoms with Crippen LogP contribution in [0.4, 0.5) is 22.7 Å². The zero-order valence-corrected chi connectivity index (χ0v) is 42.2. The number of rotatable bonds is 7. The summed E-state index contributed by atoms with van der Waals surface area (Å²) in [6.07, 6.45) is 1.28. The number of benzene rings is 7. The molecular weight excluding hydrogens is 1010 g/mol. The van der Waals surface area contributed by atoms with Crippen molar-refractivity contribution >= 4 is 44.6 Å². The van der Waals surface area contributed by atoms with Crippen molar-refractivity contribution in [2.24, 2.45) is 0 Å². The molecule has 1 saturated heterocycles. The first-order chi connectivity index (χ1) is 35.2. The van der Waals surface area contributed by atoms with Gasteiger partial charge in [0.05, 0.1) is 13.5 Å². The van der Waals surface area contributed by atoms with E-state index in [1.807, 2.05) is 53.1 Å². The maximum atomic E-state index is 8.65. The zero-order valence-electron chi connectivity index (χ0n) is 47.9. The Morgan fingerprint density at radius 3 is 2.06 bits per heavy atom. The molecular formula is C62H59N4OPt-. The van der Waals surface area contributed by atoms with Crippen molar-refractivity contribution in [3.8, 4) is 39.6 Å². The number of hydrogen-bond donors (Lipinski definition) is 0. The van der Waals surface area contributed by atoms with Crippen LogP contribution in [0.1, 0.15) is 95.5 Å². The van der Waals surface area contributed by atoms with Crippen molar-refractivity contribution in [1.82, 2.24) is 18.5 Å². The maximum Gasteiger partial charge on any atom is 0.187 e. The molecule has 5 heterocycles. The van der Waals surface area contributed by atoms with E-state index in [-0.39, 0.29) is 59.8 Å². The van der Waals surface area contributed by atoms with Crippen molar-refractivity contribution in [2.75, 3.05) is 6.67 Å². The van der Waals surface area contributed by atoms with E-state index in [1.165, 1.54) is 57.1 Å². The summed E-state index contributed by atoms with van der Waals surface area (Å²) in [5, 5.41) is 1.70. The Hall–Kier alpha value is -6.10. The fourth-order valence-electron chi connectivity index (χ4n) is 10.0. The third-order valence-corrected chi connectivity index (χ3v) is 13.7. The van der Waals surface area contributed by atoms with Crippen LogP contribution in [0.3, 0.4) is 0 Å². The number of aryl methyl sites for hydroxylation is 1. The fourth-order valence-corrected chi connectivity index (χ4v) is 10.0. The Bertz CT molecular complexity index is 3780. The minimum Gasteiger partial charge on any atom is -0.509 e. The van der Waals surface area contributed by atoms with E-state index in [2.05, 4.69) is 148 Å². The quantitative estimate of drug-likeness (QED) is 0.117. The van der Waals surface area contributed by atoms with E-state index in [0.717, 1.165) is 22.0 Å². The van der Waals surface area contributed by atoms with Gasteiger partial charge in [-0.2, -0.15) is 12.1 Å². The summed E-state index contributed by atoms with van der Waals surface area (Å²) in [7, 11) is 0. The number of fused-ring (bicyclic) bond motifs is 3. The van der Waals surface area contributed by atoms with Gasteiger partial charge in [-0.15, -0.1) is 29.7 Å². The van der Waals surface area contributed by atoms with Gasteiger partial charge in [0.1, 0.15) is 11.5 Å².